The van der Waals surface area contributed by atoms with Gasteiger partial charge < -0.3 is 10.3 Å². The molecule has 2 N–H and O–H groups in total. The first-order valence-electron chi connectivity index (χ1n) is 4.22. The second-order valence-electron chi connectivity index (χ2n) is 2.72. The molecule has 3 heteroatoms. The Labute approximate surface area is 71.8 Å². The molecule has 3 nitrogen and oxygen atoms in total. The first-order valence-corrected chi connectivity index (χ1v) is 4.22. The fourth-order valence-electron chi connectivity index (χ4n) is 0.996. The molecule has 0 aliphatic heterocycles. The molecule has 0 aliphatic rings. The van der Waals surface area contributed by atoms with Crippen LogP contribution in [0.4, 0.5) is 0 Å². The number of aromatic nitrogens is 1. The zero-order valence-corrected chi connectivity index (χ0v) is 7.26. The molecule has 0 unspecified atom stereocenters. The highest BCUT2D eigenvalue weighted by molar-refractivity contribution is 5.03. The van der Waals surface area contributed by atoms with Crippen molar-refractivity contribution in [1.82, 2.24) is 10.3 Å². The van der Waals surface area contributed by atoms with E-state index in [0.717, 1.165) is 25.2 Å². The molecule has 0 bridgehead atoms. The SMILES string of the molecule is CCCNCc1cccc(=O)[nH]1. The van der Waals surface area contributed by atoms with Crippen LogP contribution in [0, 0.1) is 0 Å². The van der Waals surface area contributed by atoms with Gasteiger partial charge >= 0.3 is 0 Å². The third-order valence-electron chi connectivity index (χ3n) is 1.57. The van der Waals surface area contributed by atoms with Gasteiger partial charge in [-0.25, -0.2) is 0 Å². The van der Waals surface area contributed by atoms with Crippen molar-refractivity contribution in [3.05, 3.63) is 34.2 Å². The summed E-state index contributed by atoms with van der Waals surface area (Å²) in [4.78, 5) is 13.6. The predicted octanol–water partition coefficient (Wildman–Crippen LogP) is 0.874. The van der Waals surface area contributed by atoms with Gasteiger partial charge in [-0.1, -0.05) is 13.0 Å². The van der Waals surface area contributed by atoms with Crippen LogP contribution in [0.2, 0.25) is 0 Å². The minimum atomic E-state index is -0.0363. The van der Waals surface area contributed by atoms with E-state index in [-0.39, 0.29) is 5.56 Å². The van der Waals surface area contributed by atoms with Crippen LogP contribution in [-0.2, 0) is 6.54 Å². The Morgan fingerprint density at radius 1 is 1.50 bits per heavy atom. The van der Waals surface area contributed by atoms with E-state index in [1.165, 1.54) is 6.07 Å². The molecule has 0 spiro atoms. The minimum Gasteiger partial charge on any atom is -0.325 e. The molecule has 0 aromatic carbocycles. The maximum absolute atomic E-state index is 10.8. The van der Waals surface area contributed by atoms with Crippen LogP contribution in [0.5, 0.6) is 0 Å². The molecule has 0 saturated carbocycles. The number of hydrogen-bond donors (Lipinski definition) is 2. The Morgan fingerprint density at radius 3 is 3.00 bits per heavy atom. The summed E-state index contributed by atoms with van der Waals surface area (Å²) in [5.74, 6) is 0. The molecule has 0 radical (unpaired) electrons. The number of hydrogen-bond acceptors (Lipinski definition) is 2. The fourth-order valence-corrected chi connectivity index (χ4v) is 0.996. The molecule has 0 aliphatic carbocycles. The normalized spacial score (nSPS) is 10.1. The summed E-state index contributed by atoms with van der Waals surface area (Å²) < 4.78 is 0. The van der Waals surface area contributed by atoms with Crippen LogP contribution >= 0.6 is 0 Å². The summed E-state index contributed by atoms with van der Waals surface area (Å²) in [5, 5.41) is 3.21. The van der Waals surface area contributed by atoms with Gasteiger partial charge in [0.25, 0.3) is 0 Å². The minimum absolute atomic E-state index is 0.0363. The highest BCUT2D eigenvalue weighted by Gasteiger charge is 1.90. The van der Waals surface area contributed by atoms with E-state index in [4.69, 9.17) is 0 Å². The lowest BCUT2D eigenvalue weighted by Gasteiger charge is -2.01. The summed E-state index contributed by atoms with van der Waals surface area (Å²) in [6, 6.07) is 5.19. The molecule has 12 heavy (non-hydrogen) atoms. The standard InChI is InChI=1S/C9H14N2O/c1-2-6-10-7-8-4-3-5-9(12)11-8/h3-5,10H,2,6-7H2,1H3,(H,11,12). The van der Waals surface area contributed by atoms with Gasteiger partial charge in [-0.3, -0.25) is 4.79 Å². The van der Waals surface area contributed by atoms with E-state index in [9.17, 15) is 4.79 Å². The van der Waals surface area contributed by atoms with Crippen molar-refractivity contribution in [1.29, 1.82) is 0 Å². The topological polar surface area (TPSA) is 44.9 Å². The van der Waals surface area contributed by atoms with Crippen LogP contribution in [-0.4, -0.2) is 11.5 Å². The van der Waals surface area contributed by atoms with E-state index < -0.39 is 0 Å². The van der Waals surface area contributed by atoms with Gasteiger partial charge in [0.15, 0.2) is 0 Å². The molecular formula is C9H14N2O. The second-order valence-corrected chi connectivity index (χ2v) is 2.72. The highest BCUT2D eigenvalue weighted by Crippen LogP contribution is 1.88. The third-order valence-corrected chi connectivity index (χ3v) is 1.57. The van der Waals surface area contributed by atoms with Crippen molar-refractivity contribution in [2.45, 2.75) is 19.9 Å². The smallest absolute Gasteiger partial charge is 0.248 e. The van der Waals surface area contributed by atoms with Gasteiger partial charge in [-0.05, 0) is 19.0 Å². The average Bonchev–Trinajstić information content (AvgIpc) is 2.05. The van der Waals surface area contributed by atoms with Gasteiger partial charge in [-0.15, -0.1) is 0 Å². The summed E-state index contributed by atoms with van der Waals surface area (Å²) in [5.41, 5.74) is 0.904. The molecule has 0 amide bonds. The van der Waals surface area contributed by atoms with E-state index in [1.807, 2.05) is 6.07 Å². The molecule has 1 aromatic rings. The Morgan fingerprint density at radius 2 is 2.33 bits per heavy atom. The fraction of sp³-hybridized carbons (Fsp3) is 0.444. The molecule has 66 valence electrons. The van der Waals surface area contributed by atoms with Crippen LogP contribution < -0.4 is 10.9 Å². The number of rotatable bonds is 4. The van der Waals surface area contributed by atoms with Gasteiger partial charge in [0.05, 0.1) is 0 Å². The summed E-state index contributed by atoms with van der Waals surface area (Å²) in [6.07, 6.45) is 1.11. The van der Waals surface area contributed by atoms with Crippen molar-refractivity contribution < 1.29 is 0 Å². The third kappa shape index (κ3) is 2.88. The molecule has 1 aromatic heterocycles. The monoisotopic (exact) mass is 166 g/mol. The van der Waals surface area contributed by atoms with E-state index in [2.05, 4.69) is 17.2 Å². The lowest BCUT2D eigenvalue weighted by molar-refractivity contribution is 0.663. The van der Waals surface area contributed by atoms with Crippen molar-refractivity contribution in [2.24, 2.45) is 0 Å². The van der Waals surface area contributed by atoms with Crippen LogP contribution in [0.3, 0.4) is 0 Å². The summed E-state index contributed by atoms with van der Waals surface area (Å²) in [6.45, 7) is 3.83. The average molecular weight is 166 g/mol. The molecule has 0 atom stereocenters. The van der Waals surface area contributed by atoms with E-state index >= 15 is 0 Å². The maximum Gasteiger partial charge on any atom is 0.248 e. The Bertz CT molecular complexity index is 280. The van der Waals surface area contributed by atoms with Crippen LogP contribution in [0.15, 0.2) is 23.0 Å². The first kappa shape index (κ1) is 9.00. The predicted molar refractivity (Wildman–Crippen MR) is 49.1 cm³/mol. The van der Waals surface area contributed by atoms with Crippen LogP contribution in [0.25, 0.3) is 0 Å². The Kier molecular flexibility index (Phi) is 3.54. The maximum atomic E-state index is 10.8. The zero-order valence-electron chi connectivity index (χ0n) is 7.26. The van der Waals surface area contributed by atoms with Gasteiger partial charge in [-0.2, -0.15) is 0 Å². The van der Waals surface area contributed by atoms with Gasteiger partial charge in [0.2, 0.25) is 5.56 Å². The largest absolute Gasteiger partial charge is 0.325 e. The van der Waals surface area contributed by atoms with Crippen molar-refractivity contribution >= 4 is 0 Å². The molecular weight excluding hydrogens is 152 g/mol. The van der Waals surface area contributed by atoms with Crippen LogP contribution in [0.1, 0.15) is 19.0 Å². The lowest BCUT2D eigenvalue weighted by Crippen LogP contribution is -2.17. The number of H-pyrrole nitrogens is 1. The highest BCUT2D eigenvalue weighted by atomic mass is 16.1. The Balaban J connectivity index is 2.47. The van der Waals surface area contributed by atoms with E-state index in [0.29, 0.717) is 0 Å². The molecule has 0 fully saturated rings. The van der Waals surface area contributed by atoms with Crippen molar-refractivity contribution in [3.63, 3.8) is 0 Å². The van der Waals surface area contributed by atoms with Crippen molar-refractivity contribution in [2.75, 3.05) is 6.54 Å². The molecule has 1 rings (SSSR count). The molecule has 0 saturated heterocycles. The van der Waals surface area contributed by atoms with Gasteiger partial charge in [0, 0.05) is 18.3 Å². The Hall–Kier alpha value is -1.09. The number of pyridine rings is 1. The second kappa shape index (κ2) is 4.72. The summed E-state index contributed by atoms with van der Waals surface area (Å²) in [7, 11) is 0. The summed E-state index contributed by atoms with van der Waals surface area (Å²) >= 11 is 0. The quantitative estimate of drug-likeness (QED) is 0.652. The number of aromatic amines is 1. The number of nitrogens with one attached hydrogen (secondary N) is 2. The van der Waals surface area contributed by atoms with E-state index in [1.54, 1.807) is 6.07 Å². The lowest BCUT2D eigenvalue weighted by atomic mass is 10.3. The first-order chi connectivity index (χ1) is 5.83. The zero-order chi connectivity index (χ0) is 8.81. The van der Waals surface area contributed by atoms with Crippen molar-refractivity contribution in [3.8, 4) is 0 Å². The van der Waals surface area contributed by atoms with Gasteiger partial charge in [0.1, 0.15) is 0 Å². The molecule has 1 heterocycles.